The fraction of sp³-hybridized carbons (Fsp3) is 0.632. The highest BCUT2D eigenvalue weighted by atomic mass is 79.9. The van der Waals surface area contributed by atoms with Crippen LogP contribution >= 0.6 is 15.9 Å². The molecule has 1 heterocycles. The molecule has 0 spiro atoms. The van der Waals surface area contributed by atoms with Crippen LogP contribution < -0.4 is 0 Å². The fourth-order valence-corrected chi connectivity index (χ4v) is 6.16. The summed E-state index contributed by atoms with van der Waals surface area (Å²) in [5.41, 5.74) is 0.457. The van der Waals surface area contributed by atoms with Crippen molar-refractivity contribution in [2.75, 3.05) is 26.7 Å². The van der Waals surface area contributed by atoms with Gasteiger partial charge in [-0.1, -0.05) is 42.8 Å². The van der Waals surface area contributed by atoms with Crippen LogP contribution in [0.3, 0.4) is 0 Å². The first-order valence-corrected chi connectivity index (χ1v) is 14.7. The molecule has 0 aliphatic carbocycles. The Morgan fingerprint density at radius 2 is 1.93 bits per heavy atom. The summed E-state index contributed by atoms with van der Waals surface area (Å²) in [5, 5.41) is 9.24. The van der Waals surface area contributed by atoms with Crippen molar-refractivity contribution in [1.29, 1.82) is 0 Å². The molecule has 0 radical (unpaired) electrons. The first-order chi connectivity index (χ1) is 13.1. The first kappa shape index (κ1) is 24.3. The number of amides is 1. The highest BCUT2D eigenvalue weighted by Gasteiger charge is 2.41. The maximum atomic E-state index is 13.2. The summed E-state index contributed by atoms with van der Waals surface area (Å²) in [6.07, 6.45) is -1.11. The lowest BCUT2D eigenvalue weighted by molar-refractivity contribution is 0.121. The van der Waals surface area contributed by atoms with Gasteiger partial charge in [0.05, 0.1) is 4.90 Å². The molecule has 10 heteroatoms. The van der Waals surface area contributed by atoms with Gasteiger partial charge in [-0.2, -0.15) is 4.31 Å². The highest BCUT2D eigenvalue weighted by Crippen LogP contribution is 2.37. The lowest BCUT2D eigenvalue weighted by Crippen LogP contribution is -2.53. The molecule has 0 atom stereocenters. The van der Waals surface area contributed by atoms with Gasteiger partial charge in [-0.25, -0.2) is 13.2 Å². The molecule has 1 aromatic rings. The molecule has 1 aliphatic rings. The molecule has 164 valence electrons. The van der Waals surface area contributed by atoms with Crippen molar-refractivity contribution in [3.63, 3.8) is 0 Å². The second-order valence-corrected chi connectivity index (χ2v) is 16.8. The van der Waals surface area contributed by atoms with E-state index in [1.807, 2.05) is 0 Å². The zero-order chi connectivity index (χ0) is 22.2. The molecule has 0 saturated carbocycles. The summed E-state index contributed by atoms with van der Waals surface area (Å²) in [7, 11) is -4.15. The van der Waals surface area contributed by atoms with Gasteiger partial charge in [0, 0.05) is 43.7 Å². The number of hydrogen-bond donors (Lipinski definition) is 1. The van der Waals surface area contributed by atoms with Gasteiger partial charge in [-0.3, -0.25) is 0 Å². The average Bonchev–Trinajstić information content (AvgIpc) is 2.53. The van der Waals surface area contributed by atoms with Crippen LogP contribution in [-0.2, 0) is 21.0 Å². The van der Waals surface area contributed by atoms with Crippen LogP contribution in [0.15, 0.2) is 27.6 Å². The largest absolute Gasteiger partial charge is 0.465 e. The Labute approximate surface area is 183 Å². The third-order valence-corrected chi connectivity index (χ3v) is 12.7. The van der Waals surface area contributed by atoms with Gasteiger partial charge < -0.3 is 14.4 Å². The molecule has 2 rings (SSSR count). The standard InChI is InChI=1S/C19H31BrN2O5SSi/c1-19(2,3)29(5,6)27-13-14-10-22(11-14)28(25,26)17-9-16(20)8-7-15(17)12-21(4)18(23)24/h7-9,14H,10-13H2,1-6H3,(H,23,24). The lowest BCUT2D eigenvalue weighted by atomic mass is 10.1. The quantitative estimate of drug-likeness (QED) is 0.559. The van der Waals surface area contributed by atoms with E-state index in [-0.39, 0.29) is 22.4 Å². The van der Waals surface area contributed by atoms with E-state index in [2.05, 4.69) is 49.8 Å². The maximum Gasteiger partial charge on any atom is 0.407 e. The second-order valence-electron chi connectivity index (χ2n) is 9.15. The first-order valence-electron chi connectivity index (χ1n) is 9.52. The molecule has 1 aliphatic heterocycles. The Kier molecular flexibility index (Phi) is 7.26. The zero-order valence-electron chi connectivity index (χ0n) is 17.9. The second kappa shape index (κ2) is 8.66. The Hall–Kier alpha value is -0.943. The number of nitrogens with zero attached hydrogens (tertiary/aromatic N) is 2. The molecule has 1 aromatic carbocycles. The number of benzene rings is 1. The topological polar surface area (TPSA) is 87.2 Å². The minimum atomic E-state index is -3.70. The number of sulfonamides is 1. The van der Waals surface area contributed by atoms with Crippen LogP contribution in [0.4, 0.5) is 4.79 Å². The maximum absolute atomic E-state index is 13.2. The predicted molar refractivity (Wildman–Crippen MR) is 119 cm³/mol. The van der Waals surface area contributed by atoms with Gasteiger partial charge in [0.15, 0.2) is 8.32 Å². The lowest BCUT2D eigenvalue weighted by Gasteiger charge is -2.42. The predicted octanol–water partition coefficient (Wildman–Crippen LogP) is 4.20. The summed E-state index contributed by atoms with van der Waals surface area (Å²) in [4.78, 5) is 12.4. The van der Waals surface area contributed by atoms with E-state index in [4.69, 9.17) is 9.53 Å². The van der Waals surface area contributed by atoms with Crippen LogP contribution in [0.5, 0.6) is 0 Å². The highest BCUT2D eigenvalue weighted by molar-refractivity contribution is 9.10. The summed E-state index contributed by atoms with van der Waals surface area (Å²) in [5.74, 6) is 0.177. The van der Waals surface area contributed by atoms with Gasteiger partial charge in [0.1, 0.15) is 0 Å². The molecular weight excluding hydrogens is 476 g/mol. The zero-order valence-corrected chi connectivity index (χ0v) is 21.3. The van der Waals surface area contributed by atoms with E-state index in [0.29, 0.717) is 29.7 Å². The van der Waals surface area contributed by atoms with Crippen LogP contribution in [0.2, 0.25) is 18.1 Å². The molecule has 1 saturated heterocycles. The van der Waals surface area contributed by atoms with Gasteiger partial charge in [-0.05, 0) is 35.8 Å². The van der Waals surface area contributed by atoms with Crippen LogP contribution in [-0.4, -0.2) is 63.9 Å². The fourth-order valence-electron chi connectivity index (χ4n) is 2.73. The summed E-state index contributed by atoms with van der Waals surface area (Å²) < 4.78 is 34.6. The van der Waals surface area contributed by atoms with Crippen LogP contribution in [0.1, 0.15) is 26.3 Å². The Bertz CT molecular complexity index is 864. The Morgan fingerprint density at radius 3 is 2.45 bits per heavy atom. The molecule has 29 heavy (non-hydrogen) atoms. The van der Waals surface area contributed by atoms with Crippen molar-refractivity contribution in [2.24, 2.45) is 5.92 Å². The average molecular weight is 508 g/mol. The van der Waals surface area contributed by atoms with Crippen LogP contribution in [0.25, 0.3) is 0 Å². The number of rotatable bonds is 7. The molecule has 7 nitrogen and oxygen atoms in total. The Morgan fingerprint density at radius 1 is 1.34 bits per heavy atom. The molecular formula is C19H31BrN2O5SSi. The minimum absolute atomic E-state index is 0.00291. The minimum Gasteiger partial charge on any atom is -0.465 e. The van der Waals surface area contributed by atoms with E-state index in [1.165, 1.54) is 11.4 Å². The molecule has 0 unspecified atom stereocenters. The molecule has 1 amide bonds. The van der Waals surface area contributed by atoms with E-state index in [1.54, 1.807) is 18.2 Å². The van der Waals surface area contributed by atoms with Crippen molar-refractivity contribution in [3.8, 4) is 0 Å². The number of carbonyl (C=O) groups is 1. The third kappa shape index (κ3) is 5.60. The van der Waals surface area contributed by atoms with E-state index in [0.717, 1.165) is 4.90 Å². The van der Waals surface area contributed by atoms with Gasteiger partial charge in [-0.15, -0.1) is 0 Å². The molecule has 0 aromatic heterocycles. The van der Waals surface area contributed by atoms with Gasteiger partial charge >= 0.3 is 6.09 Å². The number of hydrogen-bond acceptors (Lipinski definition) is 4. The van der Waals surface area contributed by atoms with E-state index in [9.17, 15) is 13.2 Å². The number of carboxylic acid groups (broad SMARTS) is 1. The third-order valence-electron chi connectivity index (χ3n) is 5.79. The SMILES string of the molecule is CN(Cc1ccc(Br)cc1S(=O)(=O)N1CC(CO[Si](C)(C)C(C)(C)C)C1)C(=O)O. The smallest absolute Gasteiger partial charge is 0.407 e. The Balaban J connectivity index is 2.10. The molecule has 0 bridgehead atoms. The monoisotopic (exact) mass is 506 g/mol. The summed E-state index contributed by atoms with van der Waals surface area (Å²) in [6.45, 7) is 12.3. The van der Waals surface area contributed by atoms with Crippen LogP contribution in [0, 0.1) is 5.92 Å². The summed E-state index contributed by atoms with van der Waals surface area (Å²) >= 11 is 3.32. The van der Waals surface area contributed by atoms with Gasteiger partial charge in [0.2, 0.25) is 10.0 Å². The van der Waals surface area contributed by atoms with Crippen molar-refractivity contribution < 1.29 is 22.7 Å². The molecule has 1 N–H and O–H groups in total. The van der Waals surface area contributed by atoms with Gasteiger partial charge in [0.25, 0.3) is 0 Å². The van der Waals surface area contributed by atoms with Crippen molar-refractivity contribution in [2.45, 2.75) is 50.3 Å². The normalized spacial score (nSPS) is 16.5. The van der Waals surface area contributed by atoms with Crippen molar-refractivity contribution >= 4 is 40.4 Å². The van der Waals surface area contributed by atoms with E-state index < -0.39 is 24.4 Å². The molecule has 1 fully saturated rings. The van der Waals surface area contributed by atoms with Crippen molar-refractivity contribution in [3.05, 3.63) is 28.2 Å². The number of halogens is 1. The van der Waals surface area contributed by atoms with E-state index >= 15 is 0 Å². The van der Waals surface area contributed by atoms with Crippen molar-refractivity contribution in [1.82, 2.24) is 9.21 Å². The summed E-state index contributed by atoms with van der Waals surface area (Å²) in [6, 6.07) is 4.91.